The zero-order valence-electron chi connectivity index (χ0n) is 6.49. The Hall–Kier alpha value is -1.86. The van der Waals surface area contributed by atoms with Crippen molar-refractivity contribution in [2.45, 2.75) is 6.18 Å². The predicted molar refractivity (Wildman–Crippen MR) is 34.9 cm³/mol. The van der Waals surface area contributed by atoms with Gasteiger partial charge in [0.15, 0.2) is 6.20 Å². The third-order valence-corrected chi connectivity index (χ3v) is 1.08. The number of rotatable bonds is 1. The lowest BCUT2D eigenvalue weighted by molar-refractivity contribution is -0.606. The van der Waals surface area contributed by atoms with E-state index in [2.05, 4.69) is 9.72 Å². The average molecular weight is 208 g/mol. The van der Waals surface area contributed by atoms with Crippen LogP contribution in [0.25, 0.3) is 0 Å². The summed E-state index contributed by atoms with van der Waals surface area (Å²) >= 11 is 0. The molecular weight excluding hydrogens is 205 g/mol. The van der Waals surface area contributed by atoms with E-state index in [1.807, 2.05) is 0 Å². The molecule has 0 aliphatic heterocycles. The van der Waals surface area contributed by atoms with Crippen LogP contribution in [0.1, 0.15) is 0 Å². The molecule has 76 valence electrons. The minimum absolute atomic E-state index is 0.159. The lowest BCUT2D eigenvalue weighted by Gasteiger charge is -2.04. The summed E-state index contributed by atoms with van der Waals surface area (Å²) in [4.78, 5) is 13.5. The molecule has 0 radical (unpaired) electrons. The number of nitrogens with zero attached hydrogens (tertiary/aromatic N) is 2. The van der Waals surface area contributed by atoms with Crippen LogP contribution in [0.5, 0.6) is 5.88 Å². The first-order chi connectivity index (χ1) is 6.39. The Bertz CT molecular complexity index is 352. The number of hydrogen-bond donors (Lipinski definition) is 0. The molecule has 0 aliphatic rings. The van der Waals surface area contributed by atoms with Gasteiger partial charge in [-0.3, -0.25) is 0 Å². The highest BCUT2D eigenvalue weighted by atomic mass is 19.4. The first kappa shape index (κ1) is 10.2. The quantitative estimate of drug-likeness (QED) is 0.375. The van der Waals surface area contributed by atoms with Crippen LogP contribution in [0.2, 0.25) is 0 Å². The third-order valence-electron chi connectivity index (χ3n) is 1.08. The Morgan fingerprint density at radius 2 is 2.21 bits per heavy atom. The van der Waals surface area contributed by atoms with Crippen molar-refractivity contribution in [3.05, 3.63) is 23.8 Å². The molecule has 0 saturated carbocycles. The van der Waals surface area contributed by atoms with E-state index >= 15 is 0 Å². The maximum absolute atomic E-state index is 11.6. The molecular formula is C6H3F3N2O3. The predicted octanol–water partition coefficient (Wildman–Crippen LogP) is 0.183. The summed E-state index contributed by atoms with van der Waals surface area (Å²) in [7, 11) is 0. The van der Waals surface area contributed by atoms with Crippen molar-refractivity contribution in [2.75, 3.05) is 0 Å². The number of carbonyl (C=O) groups excluding carboxylic acids is 1. The zero-order chi connectivity index (χ0) is 10.8. The topological polar surface area (TPSA) is 66.1 Å². The van der Waals surface area contributed by atoms with Gasteiger partial charge in [-0.05, 0) is 0 Å². The molecule has 5 nitrogen and oxygen atoms in total. The maximum Gasteiger partial charge on any atom is 0.491 e. The van der Waals surface area contributed by atoms with E-state index in [1.54, 1.807) is 0 Å². The van der Waals surface area contributed by atoms with Crippen molar-refractivity contribution in [1.29, 1.82) is 0 Å². The summed E-state index contributed by atoms with van der Waals surface area (Å²) in [6.07, 6.45) is -2.66. The smallest absolute Gasteiger partial charge is 0.491 e. The molecule has 1 aromatic heterocycles. The monoisotopic (exact) mass is 208 g/mol. The molecule has 0 saturated heterocycles. The standard InChI is InChI=1S/C6H3F3N2O3/c7-6(8,9)5(12)14-4-3-11(13)2-1-10-4/h1-3H. The fraction of sp³-hybridized carbons (Fsp3) is 0.167. The van der Waals surface area contributed by atoms with Crippen molar-refractivity contribution >= 4 is 5.97 Å². The summed E-state index contributed by atoms with van der Waals surface area (Å²) in [5, 5.41) is 10.5. The van der Waals surface area contributed by atoms with Crippen molar-refractivity contribution < 1.29 is 27.4 Å². The lowest BCUT2D eigenvalue weighted by atomic mass is 10.6. The van der Waals surface area contributed by atoms with Gasteiger partial charge >= 0.3 is 12.1 Å². The molecule has 0 spiro atoms. The molecule has 1 aromatic rings. The Balaban J connectivity index is 2.75. The number of aromatic nitrogens is 2. The van der Waals surface area contributed by atoms with E-state index in [1.165, 1.54) is 0 Å². The minimum Gasteiger partial charge on any atom is -0.619 e. The number of alkyl halides is 3. The largest absolute Gasteiger partial charge is 0.619 e. The summed E-state index contributed by atoms with van der Waals surface area (Å²) in [5.74, 6) is -3.12. The average Bonchev–Trinajstić information content (AvgIpc) is 2.02. The van der Waals surface area contributed by atoms with E-state index < -0.39 is 18.0 Å². The van der Waals surface area contributed by atoms with E-state index in [0.29, 0.717) is 6.20 Å². The first-order valence-electron chi connectivity index (χ1n) is 3.23. The molecule has 8 heteroatoms. The van der Waals surface area contributed by atoms with Crippen molar-refractivity contribution in [1.82, 2.24) is 4.98 Å². The molecule has 1 rings (SSSR count). The van der Waals surface area contributed by atoms with Crippen LogP contribution in [0.4, 0.5) is 13.2 Å². The molecule has 0 unspecified atom stereocenters. The van der Waals surface area contributed by atoms with Crippen LogP contribution < -0.4 is 9.47 Å². The fourth-order valence-corrected chi connectivity index (χ4v) is 0.563. The van der Waals surface area contributed by atoms with Crippen LogP contribution in [0.3, 0.4) is 0 Å². The molecule has 0 aliphatic carbocycles. The number of ether oxygens (including phenoxy) is 1. The molecule has 14 heavy (non-hydrogen) atoms. The van der Waals surface area contributed by atoms with Gasteiger partial charge in [-0.15, -0.1) is 0 Å². The lowest BCUT2D eigenvalue weighted by Crippen LogP contribution is -2.30. The number of esters is 1. The molecule has 0 fully saturated rings. The van der Waals surface area contributed by atoms with Crippen LogP contribution in [0, 0.1) is 5.21 Å². The second-order valence-electron chi connectivity index (χ2n) is 2.14. The van der Waals surface area contributed by atoms with E-state index in [-0.39, 0.29) is 4.73 Å². The molecule has 0 atom stereocenters. The maximum atomic E-state index is 11.6. The second kappa shape index (κ2) is 3.48. The van der Waals surface area contributed by atoms with E-state index in [9.17, 15) is 23.2 Å². The number of hydrogen-bond acceptors (Lipinski definition) is 4. The summed E-state index contributed by atoms with van der Waals surface area (Å²) in [5.41, 5.74) is 0. The Morgan fingerprint density at radius 1 is 1.57 bits per heavy atom. The SMILES string of the molecule is O=C(Oc1c[n+]([O-])ccn1)C(F)(F)F. The van der Waals surface area contributed by atoms with Crippen LogP contribution in [-0.4, -0.2) is 17.1 Å². The molecule has 0 aromatic carbocycles. The van der Waals surface area contributed by atoms with Crippen LogP contribution in [-0.2, 0) is 4.79 Å². The Kier molecular flexibility index (Phi) is 2.54. The molecule has 0 amide bonds. The van der Waals surface area contributed by atoms with Gasteiger partial charge in [0.2, 0.25) is 6.20 Å². The summed E-state index contributed by atoms with van der Waals surface area (Å²) < 4.78 is 38.9. The highest BCUT2D eigenvalue weighted by Crippen LogP contribution is 2.17. The fourth-order valence-electron chi connectivity index (χ4n) is 0.563. The summed E-state index contributed by atoms with van der Waals surface area (Å²) in [6, 6.07) is 0. The number of carbonyl (C=O) groups is 1. The van der Waals surface area contributed by atoms with E-state index in [4.69, 9.17) is 0 Å². The molecule has 0 N–H and O–H groups in total. The highest BCUT2D eigenvalue weighted by molar-refractivity contribution is 5.77. The van der Waals surface area contributed by atoms with Gasteiger partial charge in [0, 0.05) is 0 Å². The van der Waals surface area contributed by atoms with Gasteiger partial charge in [-0.2, -0.15) is 17.9 Å². The van der Waals surface area contributed by atoms with Crippen molar-refractivity contribution in [2.24, 2.45) is 0 Å². The Morgan fingerprint density at radius 3 is 2.71 bits per heavy atom. The van der Waals surface area contributed by atoms with E-state index in [0.717, 1.165) is 12.4 Å². The van der Waals surface area contributed by atoms with Crippen LogP contribution >= 0.6 is 0 Å². The Labute approximate surface area is 75.3 Å². The van der Waals surface area contributed by atoms with Gasteiger partial charge in [-0.25, -0.2) is 9.78 Å². The zero-order valence-corrected chi connectivity index (χ0v) is 6.49. The van der Waals surface area contributed by atoms with Gasteiger partial charge in [0.1, 0.15) is 0 Å². The van der Waals surface area contributed by atoms with Gasteiger partial charge in [0.25, 0.3) is 5.88 Å². The number of halogens is 3. The van der Waals surface area contributed by atoms with Gasteiger partial charge < -0.3 is 9.94 Å². The first-order valence-corrected chi connectivity index (χ1v) is 3.23. The molecule has 1 heterocycles. The molecule has 0 bridgehead atoms. The van der Waals surface area contributed by atoms with Crippen molar-refractivity contribution in [3.63, 3.8) is 0 Å². The van der Waals surface area contributed by atoms with Crippen LogP contribution in [0.15, 0.2) is 18.6 Å². The third kappa shape index (κ3) is 2.57. The van der Waals surface area contributed by atoms with Gasteiger partial charge in [0.05, 0.1) is 6.20 Å². The minimum atomic E-state index is -5.11. The van der Waals surface area contributed by atoms with Crippen molar-refractivity contribution in [3.8, 4) is 5.88 Å². The highest BCUT2D eigenvalue weighted by Gasteiger charge is 2.41. The second-order valence-corrected chi connectivity index (χ2v) is 2.14. The normalized spacial score (nSPS) is 11.1. The van der Waals surface area contributed by atoms with Gasteiger partial charge in [-0.1, -0.05) is 0 Å². The summed E-state index contributed by atoms with van der Waals surface area (Å²) in [6.45, 7) is 0.